The average Bonchev–Trinajstić information content (AvgIpc) is 3.31. The van der Waals surface area contributed by atoms with Crippen LogP contribution in [0.25, 0.3) is 0 Å². The summed E-state index contributed by atoms with van der Waals surface area (Å²) in [4.78, 5) is 36.3. The van der Waals surface area contributed by atoms with Gasteiger partial charge in [-0.3, -0.25) is 19.8 Å². The van der Waals surface area contributed by atoms with E-state index in [4.69, 9.17) is 9.47 Å². The number of aromatic nitrogens is 2. The summed E-state index contributed by atoms with van der Waals surface area (Å²) in [5.74, 6) is -4.93. The van der Waals surface area contributed by atoms with Crippen molar-refractivity contribution in [3.8, 4) is 5.88 Å². The van der Waals surface area contributed by atoms with Gasteiger partial charge in [0.25, 0.3) is 5.92 Å². The van der Waals surface area contributed by atoms with Crippen LogP contribution in [0.2, 0.25) is 0 Å². The summed E-state index contributed by atoms with van der Waals surface area (Å²) in [6.45, 7) is 5.69. The molecule has 1 aromatic heterocycles. The monoisotopic (exact) mass is 508 g/mol. The van der Waals surface area contributed by atoms with Gasteiger partial charge in [0.2, 0.25) is 17.7 Å². The predicted octanol–water partition coefficient (Wildman–Crippen LogP) is 3.29. The minimum atomic E-state index is -3.27. The second-order valence-electron chi connectivity index (χ2n) is 8.86. The Bertz CT molecular complexity index is 1060. The summed E-state index contributed by atoms with van der Waals surface area (Å²) in [5.41, 5.74) is 5.09. The number of halogens is 2. The van der Waals surface area contributed by atoms with Crippen molar-refractivity contribution in [3.63, 3.8) is 0 Å². The van der Waals surface area contributed by atoms with Crippen molar-refractivity contribution in [1.29, 1.82) is 0 Å². The molecular weight excluding hydrogens is 474 g/mol. The van der Waals surface area contributed by atoms with Crippen LogP contribution < -0.4 is 15.6 Å². The fraction of sp³-hybridized carbons (Fsp3) is 0.520. The Morgan fingerprint density at radius 3 is 2.53 bits per heavy atom. The zero-order chi connectivity index (χ0) is 26.9. The molecule has 0 aliphatic heterocycles. The molecule has 11 heteroatoms. The molecule has 0 fully saturated rings. The van der Waals surface area contributed by atoms with Crippen molar-refractivity contribution >= 4 is 17.8 Å². The van der Waals surface area contributed by atoms with Crippen LogP contribution in [-0.2, 0) is 26.2 Å². The van der Waals surface area contributed by atoms with Crippen LogP contribution in [0.5, 0.6) is 5.88 Å². The van der Waals surface area contributed by atoms with Gasteiger partial charge in [-0.25, -0.2) is 18.9 Å². The lowest BCUT2D eigenvalue weighted by Gasteiger charge is -2.31. The SMILES string of the molecule is CCOC(=O)C(C)Cc1cccc(C(C)(CCC(F)(F)COc2ccn(C(C)=O)n2)C(=O)NNC)c1. The van der Waals surface area contributed by atoms with Crippen molar-refractivity contribution in [3.05, 3.63) is 47.7 Å². The number of rotatable bonds is 13. The smallest absolute Gasteiger partial charge is 0.308 e. The number of nitrogens with zero attached hydrogens (tertiary/aromatic N) is 2. The van der Waals surface area contributed by atoms with Gasteiger partial charge in [-0.05, 0) is 37.8 Å². The van der Waals surface area contributed by atoms with E-state index in [1.54, 1.807) is 39.0 Å². The third-order valence-corrected chi connectivity index (χ3v) is 5.84. The minimum absolute atomic E-state index is 0.0935. The van der Waals surface area contributed by atoms with E-state index in [1.807, 2.05) is 6.07 Å². The lowest BCUT2D eigenvalue weighted by molar-refractivity contribution is -0.147. The molecule has 2 N–H and O–H groups in total. The van der Waals surface area contributed by atoms with Crippen molar-refractivity contribution in [2.24, 2.45) is 5.92 Å². The van der Waals surface area contributed by atoms with Crippen LogP contribution in [0, 0.1) is 5.92 Å². The summed E-state index contributed by atoms with van der Waals surface area (Å²) >= 11 is 0. The second-order valence-corrected chi connectivity index (χ2v) is 8.86. The molecular formula is C25H34F2N4O5. The number of carbonyl (C=O) groups excluding carboxylic acids is 3. The third-order valence-electron chi connectivity index (χ3n) is 5.84. The highest BCUT2D eigenvalue weighted by molar-refractivity contribution is 5.87. The van der Waals surface area contributed by atoms with E-state index < -0.39 is 36.2 Å². The Morgan fingerprint density at radius 2 is 1.92 bits per heavy atom. The molecule has 2 unspecified atom stereocenters. The van der Waals surface area contributed by atoms with Gasteiger partial charge < -0.3 is 9.47 Å². The second kappa shape index (κ2) is 12.6. The van der Waals surface area contributed by atoms with Crippen molar-refractivity contribution in [2.75, 3.05) is 20.3 Å². The van der Waals surface area contributed by atoms with Gasteiger partial charge >= 0.3 is 5.97 Å². The molecule has 0 spiro atoms. The molecule has 2 aromatic rings. The van der Waals surface area contributed by atoms with Gasteiger partial charge in [-0.2, -0.15) is 0 Å². The number of hydrogen-bond donors (Lipinski definition) is 2. The molecule has 1 aromatic carbocycles. The molecule has 0 radical (unpaired) electrons. The van der Waals surface area contributed by atoms with E-state index in [0.717, 1.165) is 10.2 Å². The van der Waals surface area contributed by atoms with Crippen LogP contribution in [0.15, 0.2) is 36.5 Å². The summed E-state index contributed by atoms with van der Waals surface area (Å²) in [6, 6.07) is 8.34. The summed E-state index contributed by atoms with van der Waals surface area (Å²) in [6.07, 6.45) is 0.880. The first-order chi connectivity index (χ1) is 16.9. The molecule has 0 aliphatic rings. The van der Waals surface area contributed by atoms with E-state index in [2.05, 4.69) is 16.0 Å². The Labute approximate surface area is 209 Å². The molecule has 1 amide bonds. The fourth-order valence-corrected chi connectivity index (χ4v) is 3.65. The first-order valence-corrected chi connectivity index (χ1v) is 11.7. The molecule has 0 saturated carbocycles. The number of nitrogens with one attached hydrogen (secondary N) is 2. The summed E-state index contributed by atoms with van der Waals surface area (Å²) in [5, 5.41) is 3.79. The highest BCUT2D eigenvalue weighted by Crippen LogP contribution is 2.35. The Morgan fingerprint density at radius 1 is 1.19 bits per heavy atom. The van der Waals surface area contributed by atoms with E-state index in [0.29, 0.717) is 12.0 Å². The number of benzene rings is 1. The van der Waals surface area contributed by atoms with Gasteiger partial charge in [0, 0.05) is 32.7 Å². The Hall–Kier alpha value is -3.34. The van der Waals surface area contributed by atoms with Crippen LogP contribution in [0.4, 0.5) is 8.78 Å². The molecule has 1 heterocycles. The maximum atomic E-state index is 14.8. The molecule has 36 heavy (non-hydrogen) atoms. The first-order valence-electron chi connectivity index (χ1n) is 11.7. The third kappa shape index (κ3) is 7.84. The Balaban J connectivity index is 2.17. The van der Waals surface area contributed by atoms with Gasteiger partial charge in [0.05, 0.1) is 17.9 Å². The number of alkyl halides is 2. The molecule has 0 saturated heterocycles. The maximum Gasteiger partial charge on any atom is 0.308 e. The molecule has 0 bridgehead atoms. The number of hydrazine groups is 1. The van der Waals surface area contributed by atoms with Gasteiger partial charge in [0.15, 0.2) is 6.61 Å². The quantitative estimate of drug-likeness (QED) is 0.315. The summed E-state index contributed by atoms with van der Waals surface area (Å²) in [7, 11) is 1.51. The molecule has 0 aliphatic carbocycles. The van der Waals surface area contributed by atoms with Crippen molar-refractivity contribution in [2.45, 2.75) is 58.3 Å². The maximum absolute atomic E-state index is 14.8. The molecule has 198 valence electrons. The lowest BCUT2D eigenvalue weighted by atomic mass is 9.76. The van der Waals surface area contributed by atoms with E-state index in [1.165, 1.54) is 26.2 Å². The van der Waals surface area contributed by atoms with Gasteiger partial charge in [-0.1, -0.05) is 31.2 Å². The highest BCUT2D eigenvalue weighted by atomic mass is 19.3. The van der Waals surface area contributed by atoms with E-state index in [9.17, 15) is 23.2 Å². The van der Waals surface area contributed by atoms with Crippen molar-refractivity contribution in [1.82, 2.24) is 20.6 Å². The van der Waals surface area contributed by atoms with Crippen LogP contribution in [0.3, 0.4) is 0 Å². The standard InChI is InChI=1S/C25H34F2N4O5/c1-6-35-22(33)17(2)14-19-8-7-9-20(15-19)24(4,23(34)29-28-5)11-12-25(26,27)16-36-21-10-13-31(30-21)18(3)32/h7-10,13,15,17,28H,6,11-12,14,16H2,1-5H3,(H,29,34). The number of esters is 1. The van der Waals surface area contributed by atoms with Crippen LogP contribution in [-0.4, -0.2) is 53.7 Å². The average molecular weight is 509 g/mol. The molecule has 9 nitrogen and oxygen atoms in total. The van der Waals surface area contributed by atoms with Crippen molar-refractivity contribution < 1.29 is 32.6 Å². The lowest BCUT2D eigenvalue weighted by Crippen LogP contribution is -2.48. The van der Waals surface area contributed by atoms with Crippen LogP contribution in [0.1, 0.15) is 56.5 Å². The van der Waals surface area contributed by atoms with Crippen LogP contribution >= 0.6 is 0 Å². The molecule has 2 atom stereocenters. The van der Waals surface area contributed by atoms with E-state index in [-0.39, 0.29) is 30.8 Å². The highest BCUT2D eigenvalue weighted by Gasteiger charge is 2.40. The summed E-state index contributed by atoms with van der Waals surface area (Å²) < 4.78 is 40.7. The fourth-order valence-electron chi connectivity index (χ4n) is 3.65. The zero-order valence-corrected chi connectivity index (χ0v) is 21.3. The predicted molar refractivity (Wildman–Crippen MR) is 129 cm³/mol. The number of amides is 1. The topological polar surface area (TPSA) is 112 Å². The largest absolute Gasteiger partial charge is 0.470 e. The minimum Gasteiger partial charge on any atom is -0.470 e. The number of hydrogen-bond acceptors (Lipinski definition) is 7. The first kappa shape index (κ1) is 28.9. The van der Waals surface area contributed by atoms with E-state index >= 15 is 0 Å². The zero-order valence-electron chi connectivity index (χ0n) is 21.3. The Kier molecular flexibility index (Phi) is 10.1. The normalized spacial score (nSPS) is 14.0. The molecule has 2 rings (SSSR count). The van der Waals surface area contributed by atoms with Gasteiger partial charge in [-0.15, -0.1) is 5.10 Å². The van der Waals surface area contributed by atoms with Gasteiger partial charge in [0.1, 0.15) is 0 Å². The number of ether oxygens (including phenoxy) is 2. The number of carbonyl (C=O) groups is 3.